The van der Waals surface area contributed by atoms with E-state index in [1.54, 1.807) is 0 Å². The normalized spacial score (nSPS) is 28.4. The second kappa shape index (κ2) is 6.32. The van der Waals surface area contributed by atoms with Crippen LogP contribution >= 0.6 is 0 Å². The molecule has 1 saturated carbocycles. The molecule has 0 aromatic carbocycles. The van der Waals surface area contributed by atoms with Gasteiger partial charge in [-0.15, -0.1) is 0 Å². The highest BCUT2D eigenvalue weighted by atomic mass is 32.2. The standard InChI is InChI=1S/C12H23NO4S/c14-9-12-8-13(6-7-17-12)18(15,16)10-11-4-2-1-3-5-11/h11-12,14H,1-10H2. The van der Waals surface area contributed by atoms with Crippen LogP contribution in [0.25, 0.3) is 0 Å². The van der Waals surface area contributed by atoms with Gasteiger partial charge in [-0.1, -0.05) is 19.3 Å². The lowest BCUT2D eigenvalue weighted by atomic mass is 9.91. The highest BCUT2D eigenvalue weighted by molar-refractivity contribution is 7.89. The van der Waals surface area contributed by atoms with Gasteiger partial charge in [0, 0.05) is 13.1 Å². The van der Waals surface area contributed by atoms with Gasteiger partial charge in [-0.2, -0.15) is 4.31 Å². The van der Waals surface area contributed by atoms with Crippen LogP contribution in [-0.4, -0.2) is 56.0 Å². The zero-order valence-electron chi connectivity index (χ0n) is 10.8. The highest BCUT2D eigenvalue weighted by Crippen LogP contribution is 2.26. The van der Waals surface area contributed by atoms with Crippen molar-refractivity contribution in [3.05, 3.63) is 0 Å². The van der Waals surface area contributed by atoms with E-state index >= 15 is 0 Å². The minimum absolute atomic E-state index is 0.116. The van der Waals surface area contributed by atoms with E-state index in [4.69, 9.17) is 9.84 Å². The molecule has 1 aliphatic carbocycles. The third-order valence-electron chi connectivity index (χ3n) is 3.87. The average molecular weight is 277 g/mol. The van der Waals surface area contributed by atoms with Crippen molar-refractivity contribution in [2.45, 2.75) is 38.2 Å². The molecule has 1 heterocycles. The maximum absolute atomic E-state index is 12.3. The second-order valence-electron chi connectivity index (χ2n) is 5.32. The van der Waals surface area contributed by atoms with E-state index in [1.165, 1.54) is 10.7 Å². The first kappa shape index (κ1) is 14.2. The molecule has 6 heteroatoms. The van der Waals surface area contributed by atoms with Crippen molar-refractivity contribution in [3.8, 4) is 0 Å². The van der Waals surface area contributed by atoms with Gasteiger partial charge in [-0.3, -0.25) is 0 Å². The molecular weight excluding hydrogens is 254 g/mol. The SMILES string of the molecule is O=S(=O)(CC1CCCCC1)N1CCOC(CO)C1. The molecule has 0 bridgehead atoms. The van der Waals surface area contributed by atoms with Crippen molar-refractivity contribution in [1.29, 1.82) is 0 Å². The first-order valence-electron chi connectivity index (χ1n) is 6.82. The van der Waals surface area contributed by atoms with Gasteiger partial charge in [-0.25, -0.2) is 8.42 Å². The Morgan fingerprint density at radius 2 is 1.94 bits per heavy atom. The summed E-state index contributed by atoms with van der Waals surface area (Å²) in [6.45, 7) is 0.988. The van der Waals surface area contributed by atoms with Crippen LogP contribution in [0.4, 0.5) is 0 Å². The van der Waals surface area contributed by atoms with E-state index in [-0.39, 0.29) is 18.5 Å². The van der Waals surface area contributed by atoms with Crippen LogP contribution in [0, 0.1) is 5.92 Å². The van der Waals surface area contributed by atoms with Gasteiger partial charge < -0.3 is 9.84 Å². The van der Waals surface area contributed by atoms with Crippen molar-refractivity contribution in [1.82, 2.24) is 4.31 Å². The lowest BCUT2D eigenvalue weighted by Crippen LogP contribution is -2.48. The fourth-order valence-corrected chi connectivity index (χ4v) is 4.70. The van der Waals surface area contributed by atoms with Crippen molar-refractivity contribution < 1.29 is 18.3 Å². The van der Waals surface area contributed by atoms with Crippen LogP contribution in [0.1, 0.15) is 32.1 Å². The first-order valence-corrected chi connectivity index (χ1v) is 8.43. The second-order valence-corrected chi connectivity index (χ2v) is 7.33. The van der Waals surface area contributed by atoms with E-state index in [1.807, 2.05) is 0 Å². The zero-order valence-corrected chi connectivity index (χ0v) is 11.6. The van der Waals surface area contributed by atoms with E-state index in [2.05, 4.69) is 0 Å². The largest absolute Gasteiger partial charge is 0.394 e. The molecule has 106 valence electrons. The summed E-state index contributed by atoms with van der Waals surface area (Å²) in [5, 5.41) is 9.05. The Labute approximate surface area is 109 Å². The summed E-state index contributed by atoms with van der Waals surface area (Å²) in [6, 6.07) is 0. The molecule has 5 nitrogen and oxygen atoms in total. The molecule has 0 radical (unpaired) electrons. The third-order valence-corrected chi connectivity index (χ3v) is 5.88. The number of aliphatic hydroxyl groups excluding tert-OH is 1. The average Bonchev–Trinajstić information content (AvgIpc) is 2.39. The molecule has 2 fully saturated rings. The minimum Gasteiger partial charge on any atom is -0.394 e. The molecule has 0 amide bonds. The van der Waals surface area contributed by atoms with Gasteiger partial charge in [0.2, 0.25) is 10.0 Å². The van der Waals surface area contributed by atoms with Gasteiger partial charge in [0.1, 0.15) is 0 Å². The summed E-state index contributed by atoms with van der Waals surface area (Å²) in [5.74, 6) is 0.588. The Balaban J connectivity index is 1.92. The summed E-state index contributed by atoms with van der Waals surface area (Å²) < 4.78 is 31.4. The van der Waals surface area contributed by atoms with E-state index in [9.17, 15) is 8.42 Å². The topological polar surface area (TPSA) is 66.8 Å². The summed E-state index contributed by atoms with van der Waals surface area (Å²) in [5.41, 5.74) is 0. The number of aliphatic hydroxyl groups is 1. The van der Waals surface area contributed by atoms with Crippen molar-refractivity contribution in [2.24, 2.45) is 5.92 Å². The fourth-order valence-electron chi connectivity index (χ4n) is 2.81. The maximum Gasteiger partial charge on any atom is 0.214 e. The number of sulfonamides is 1. The molecule has 0 aromatic rings. The number of rotatable bonds is 4. The molecule has 2 rings (SSSR count). The van der Waals surface area contributed by atoms with Gasteiger partial charge >= 0.3 is 0 Å². The summed E-state index contributed by atoms with van der Waals surface area (Å²) in [7, 11) is -3.18. The molecule has 0 aromatic heterocycles. The molecule has 1 aliphatic heterocycles. The van der Waals surface area contributed by atoms with Gasteiger partial charge in [0.15, 0.2) is 0 Å². The first-order chi connectivity index (χ1) is 8.62. The molecule has 1 atom stereocenters. The lowest BCUT2D eigenvalue weighted by molar-refractivity contribution is -0.0305. The number of hydrogen-bond acceptors (Lipinski definition) is 4. The third kappa shape index (κ3) is 3.66. The summed E-state index contributed by atoms with van der Waals surface area (Å²) in [6.07, 6.45) is 5.26. The highest BCUT2D eigenvalue weighted by Gasteiger charge is 2.31. The zero-order chi connectivity index (χ0) is 13.0. The fraction of sp³-hybridized carbons (Fsp3) is 1.00. The number of nitrogens with zero attached hydrogens (tertiary/aromatic N) is 1. The van der Waals surface area contributed by atoms with Crippen molar-refractivity contribution in [3.63, 3.8) is 0 Å². The Bertz CT molecular complexity index is 351. The summed E-state index contributed by atoms with van der Waals surface area (Å²) in [4.78, 5) is 0. The number of morpholine rings is 1. The molecule has 1 saturated heterocycles. The molecule has 2 aliphatic rings. The van der Waals surface area contributed by atoms with Crippen LogP contribution in [0.15, 0.2) is 0 Å². The Morgan fingerprint density at radius 3 is 2.61 bits per heavy atom. The molecule has 1 unspecified atom stereocenters. The van der Waals surface area contributed by atoms with E-state index < -0.39 is 10.0 Å². The quantitative estimate of drug-likeness (QED) is 0.816. The Morgan fingerprint density at radius 1 is 1.22 bits per heavy atom. The van der Waals surface area contributed by atoms with Crippen LogP contribution < -0.4 is 0 Å². The van der Waals surface area contributed by atoms with Gasteiger partial charge in [-0.05, 0) is 18.8 Å². The molecular formula is C12H23NO4S. The van der Waals surface area contributed by atoms with Crippen LogP contribution in [0.3, 0.4) is 0 Å². The van der Waals surface area contributed by atoms with Gasteiger partial charge in [0.05, 0.1) is 25.1 Å². The van der Waals surface area contributed by atoms with Crippen molar-refractivity contribution in [2.75, 3.05) is 32.1 Å². The number of hydrogen-bond donors (Lipinski definition) is 1. The van der Waals surface area contributed by atoms with Crippen LogP contribution in [-0.2, 0) is 14.8 Å². The van der Waals surface area contributed by atoms with E-state index in [0.29, 0.717) is 25.6 Å². The van der Waals surface area contributed by atoms with Gasteiger partial charge in [0.25, 0.3) is 0 Å². The Kier molecular flexibility index (Phi) is 5.00. The minimum atomic E-state index is -3.18. The molecule has 18 heavy (non-hydrogen) atoms. The predicted octanol–water partition coefficient (Wildman–Crippen LogP) is 0.590. The Hall–Kier alpha value is -0.170. The summed E-state index contributed by atoms with van der Waals surface area (Å²) >= 11 is 0. The predicted molar refractivity (Wildman–Crippen MR) is 68.8 cm³/mol. The van der Waals surface area contributed by atoms with Crippen molar-refractivity contribution >= 4 is 10.0 Å². The monoisotopic (exact) mass is 277 g/mol. The molecule has 0 spiro atoms. The number of ether oxygens (including phenoxy) is 1. The maximum atomic E-state index is 12.3. The lowest BCUT2D eigenvalue weighted by Gasteiger charge is -2.32. The van der Waals surface area contributed by atoms with Crippen LogP contribution in [0.2, 0.25) is 0 Å². The smallest absolute Gasteiger partial charge is 0.214 e. The van der Waals surface area contributed by atoms with Crippen LogP contribution in [0.5, 0.6) is 0 Å². The van der Waals surface area contributed by atoms with E-state index in [0.717, 1.165) is 25.7 Å². The molecule has 1 N–H and O–H groups in total.